The van der Waals surface area contributed by atoms with Crippen LogP contribution in [0.25, 0.3) is 0 Å². The summed E-state index contributed by atoms with van der Waals surface area (Å²) in [7, 11) is 0. The molecule has 2 N–H and O–H groups in total. The summed E-state index contributed by atoms with van der Waals surface area (Å²) < 4.78 is 13.7. The van der Waals surface area contributed by atoms with Crippen LogP contribution in [0.1, 0.15) is 22.8 Å². The lowest BCUT2D eigenvalue weighted by atomic mass is 10.1. The lowest BCUT2D eigenvalue weighted by Crippen LogP contribution is -2.30. The molecule has 0 aromatic heterocycles. The van der Waals surface area contributed by atoms with Gasteiger partial charge in [0.1, 0.15) is 5.82 Å². The Morgan fingerprint density at radius 3 is 2.52 bits per heavy atom. The van der Waals surface area contributed by atoms with Crippen LogP contribution in [-0.2, 0) is 6.54 Å². The number of hydrogen-bond acceptors (Lipinski definition) is 2. The van der Waals surface area contributed by atoms with Gasteiger partial charge < -0.3 is 10.6 Å². The van der Waals surface area contributed by atoms with E-state index in [4.69, 9.17) is 5.73 Å². The Kier molecular flexibility index (Phi) is 4.96. The largest absolute Gasteiger partial charge is 0.399 e. The van der Waals surface area contributed by atoms with Crippen LogP contribution in [0.4, 0.5) is 10.1 Å². The summed E-state index contributed by atoms with van der Waals surface area (Å²) in [5.74, 6) is -0.648. The van der Waals surface area contributed by atoms with Gasteiger partial charge >= 0.3 is 0 Å². The third-order valence-corrected chi connectivity index (χ3v) is 4.01. The second kappa shape index (κ2) is 6.72. The van der Waals surface area contributed by atoms with Gasteiger partial charge in [0.25, 0.3) is 5.91 Å². The predicted octanol–water partition coefficient (Wildman–Crippen LogP) is 3.83. The molecular formula is C16H16BrFN2O. The van der Waals surface area contributed by atoms with Gasteiger partial charge in [-0.25, -0.2) is 4.39 Å². The van der Waals surface area contributed by atoms with Crippen molar-refractivity contribution in [1.82, 2.24) is 4.90 Å². The molecule has 0 atom stereocenters. The third-order valence-electron chi connectivity index (χ3n) is 3.20. The molecule has 5 heteroatoms. The molecule has 0 bridgehead atoms. The van der Waals surface area contributed by atoms with Crippen molar-refractivity contribution in [3.63, 3.8) is 0 Å². The third kappa shape index (κ3) is 3.61. The molecule has 0 saturated heterocycles. The minimum Gasteiger partial charge on any atom is -0.399 e. The quantitative estimate of drug-likeness (QED) is 0.851. The maximum Gasteiger partial charge on any atom is 0.255 e. The van der Waals surface area contributed by atoms with E-state index < -0.39 is 5.82 Å². The van der Waals surface area contributed by atoms with Crippen LogP contribution >= 0.6 is 15.9 Å². The maximum atomic E-state index is 13.5. The smallest absolute Gasteiger partial charge is 0.255 e. The van der Waals surface area contributed by atoms with Gasteiger partial charge in [-0.15, -0.1) is 0 Å². The van der Waals surface area contributed by atoms with Gasteiger partial charge in [0.05, 0.1) is 10.0 Å². The molecule has 0 spiro atoms. The molecular weight excluding hydrogens is 335 g/mol. The fourth-order valence-corrected chi connectivity index (χ4v) is 2.44. The highest BCUT2D eigenvalue weighted by Crippen LogP contribution is 2.22. The van der Waals surface area contributed by atoms with Gasteiger partial charge in [-0.3, -0.25) is 4.79 Å². The molecule has 2 aromatic carbocycles. The van der Waals surface area contributed by atoms with Crippen molar-refractivity contribution in [1.29, 1.82) is 0 Å². The molecule has 0 aliphatic heterocycles. The Labute approximate surface area is 131 Å². The summed E-state index contributed by atoms with van der Waals surface area (Å²) in [5, 5.41) is 0. The Balaban J connectivity index is 2.22. The molecule has 0 aliphatic rings. The van der Waals surface area contributed by atoms with Crippen LogP contribution < -0.4 is 5.73 Å². The van der Waals surface area contributed by atoms with E-state index in [2.05, 4.69) is 15.9 Å². The number of rotatable bonds is 4. The highest BCUT2D eigenvalue weighted by Gasteiger charge is 2.18. The van der Waals surface area contributed by atoms with Crippen LogP contribution in [0.3, 0.4) is 0 Å². The zero-order valence-electron chi connectivity index (χ0n) is 11.6. The van der Waals surface area contributed by atoms with Crippen LogP contribution in [-0.4, -0.2) is 17.4 Å². The number of carbonyl (C=O) groups is 1. The van der Waals surface area contributed by atoms with Gasteiger partial charge in [-0.2, -0.15) is 0 Å². The van der Waals surface area contributed by atoms with Gasteiger partial charge in [0, 0.05) is 18.8 Å². The van der Waals surface area contributed by atoms with Crippen molar-refractivity contribution < 1.29 is 9.18 Å². The average molecular weight is 351 g/mol. The molecule has 2 rings (SSSR count). The maximum absolute atomic E-state index is 13.5. The number of nitrogens with two attached hydrogens (primary N) is 1. The molecule has 3 nitrogen and oxygen atoms in total. The molecule has 2 aromatic rings. The van der Waals surface area contributed by atoms with Crippen molar-refractivity contribution in [3.05, 3.63) is 63.9 Å². The second-order valence-electron chi connectivity index (χ2n) is 4.66. The molecule has 0 radical (unpaired) electrons. The molecule has 110 valence electrons. The molecule has 0 aliphatic carbocycles. The van der Waals surface area contributed by atoms with Gasteiger partial charge in [0.15, 0.2) is 0 Å². The van der Waals surface area contributed by atoms with E-state index in [-0.39, 0.29) is 10.4 Å². The highest BCUT2D eigenvalue weighted by molar-refractivity contribution is 9.10. The first-order valence-electron chi connectivity index (χ1n) is 6.60. The Hall–Kier alpha value is -1.88. The summed E-state index contributed by atoms with van der Waals surface area (Å²) in [5.41, 5.74) is 7.64. The predicted molar refractivity (Wildman–Crippen MR) is 85.4 cm³/mol. The monoisotopic (exact) mass is 350 g/mol. The Morgan fingerprint density at radius 2 is 1.90 bits per heavy atom. The van der Waals surface area contributed by atoms with Gasteiger partial charge in [-0.1, -0.05) is 18.2 Å². The van der Waals surface area contributed by atoms with Crippen LogP contribution in [0, 0.1) is 5.82 Å². The first-order valence-corrected chi connectivity index (χ1v) is 7.40. The van der Waals surface area contributed by atoms with Crippen molar-refractivity contribution in [2.24, 2.45) is 0 Å². The highest BCUT2D eigenvalue weighted by atomic mass is 79.9. The topological polar surface area (TPSA) is 46.3 Å². The van der Waals surface area contributed by atoms with E-state index in [0.717, 1.165) is 5.56 Å². The SMILES string of the molecule is CCN(Cc1ccc(N)cc1)C(=O)c1cccc(F)c1Br. The van der Waals surface area contributed by atoms with Crippen LogP contribution in [0.15, 0.2) is 46.9 Å². The van der Waals surface area contributed by atoms with E-state index in [1.807, 2.05) is 19.1 Å². The summed E-state index contributed by atoms with van der Waals surface area (Å²) in [6.45, 7) is 2.88. The fourth-order valence-electron chi connectivity index (χ4n) is 2.01. The van der Waals surface area contributed by atoms with E-state index >= 15 is 0 Å². The van der Waals surface area contributed by atoms with Crippen molar-refractivity contribution in [3.8, 4) is 0 Å². The number of amides is 1. The van der Waals surface area contributed by atoms with E-state index in [9.17, 15) is 9.18 Å². The molecule has 21 heavy (non-hydrogen) atoms. The number of anilines is 1. The normalized spacial score (nSPS) is 10.4. The number of nitrogen functional groups attached to an aromatic ring is 1. The fraction of sp³-hybridized carbons (Fsp3) is 0.188. The average Bonchev–Trinajstić information content (AvgIpc) is 2.49. The first kappa shape index (κ1) is 15.5. The number of hydrogen-bond donors (Lipinski definition) is 1. The zero-order valence-corrected chi connectivity index (χ0v) is 13.2. The van der Waals surface area contributed by atoms with Crippen molar-refractivity contribution >= 4 is 27.5 Å². The van der Waals surface area contributed by atoms with Crippen molar-refractivity contribution in [2.75, 3.05) is 12.3 Å². The lowest BCUT2D eigenvalue weighted by Gasteiger charge is -2.22. The van der Waals surface area contributed by atoms with Crippen LogP contribution in [0.2, 0.25) is 0 Å². The lowest BCUT2D eigenvalue weighted by molar-refractivity contribution is 0.0751. The summed E-state index contributed by atoms with van der Waals surface area (Å²) >= 11 is 3.13. The Morgan fingerprint density at radius 1 is 1.24 bits per heavy atom. The van der Waals surface area contributed by atoms with E-state index in [0.29, 0.717) is 24.3 Å². The summed E-state index contributed by atoms with van der Waals surface area (Å²) in [6.07, 6.45) is 0. The van der Waals surface area contributed by atoms with Gasteiger partial charge in [-0.05, 0) is 52.7 Å². The number of halogens is 2. The molecule has 0 unspecified atom stereocenters. The zero-order chi connectivity index (χ0) is 15.4. The standard InChI is InChI=1S/C16H16BrFN2O/c1-2-20(10-11-6-8-12(19)9-7-11)16(21)13-4-3-5-14(18)15(13)17/h3-9H,2,10,19H2,1H3. The molecule has 1 amide bonds. The number of benzene rings is 2. The minimum absolute atomic E-state index is 0.200. The Bertz CT molecular complexity index is 643. The van der Waals surface area contributed by atoms with Crippen molar-refractivity contribution in [2.45, 2.75) is 13.5 Å². The first-order chi connectivity index (χ1) is 10.0. The van der Waals surface area contributed by atoms with E-state index in [1.165, 1.54) is 12.1 Å². The summed E-state index contributed by atoms with van der Waals surface area (Å²) in [4.78, 5) is 14.2. The van der Waals surface area contributed by atoms with Crippen LogP contribution in [0.5, 0.6) is 0 Å². The molecule has 0 heterocycles. The summed E-state index contributed by atoms with van der Waals surface area (Å²) in [6, 6.07) is 11.8. The number of nitrogens with zero attached hydrogens (tertiary/aromatic N) is 1. The number of carbonyl (C=O) groups excluding carboxylic acids is 1. The second-order valence-corrected chi connectivity index (χ2v) is 5.46. The molecule has 0 saturated carbocycles. The minimum atomic E-state index is -0.440. The van der Waals surface area contributed by atoms with E-state index in [1.54, 1.807) is 23.1 Å². The van der Waals surface area contributed by atoms with Gasteiger partial charge in [0.2, 0.25) is 0 Å². The molecule has 0 fully saturated rings.